The van der Waals surface area contributed by atoms with Crippen LogP contribution >= 0.6 is 0 Å². The van der Waals surface area contributed by atoms with Crippen LogP contribution in [-0.2, 0) is 9.53 Å². The van der Waals surface area contributed by atoms with Crippen molar-refractivity contribution in [2.45, 2.75) is 51.6 Å². The van der Waals surface area contributed by atoms with Crippen molar-refractivity contribution in [2.24, 2.45) is 0 Å². The van der Waals surface area contributed by atoms with Gasteiger partial charge in [-0.05, 0) is 39.3 Å². The number of carbonyl (C=O) groups is 1. The number of esters is 1. The molecule has 1 heterocycles. The van der Waals surface area contributed by atoms with Crippen LogP contribution < -0.4 is 5.32 Å². The van der Waals surface area contributed by atoms with Crippen LogP contribution in [0.5, 0.6) is 0 Å². The molecule has 1 aliphatic rings. The minimum Gasteiger partial charge on any atom is -0.468 e. The Morgan fingerprint density at radius 2 is 2.29 bits per heavy atom. The van der Waals surface area contributed by atoms with Gasteiger partial charge in [0, 0.05) is 12.6 Å². The number of rotatable bonds is 6. The highest BCUT2D eigenvalue weighted by molar-refractivity contribution is 5.75. The predicted octanol–water partition coefficient (Wildman–Crippen LogP) is 1.40. The lowest BCUT2D eigenvalue weighted by Gasteiger charge is -2.38. The molecule has 0 amide bonds. The fourth-order valence-electron chi connectivity index (χ4n) is 2.50. The van der Waals surface area contributed by atoms with E-state index < -0.39 is 0 Å². The third-order valence-electron chi connectivity index (χ3n) is 3.52. The summed E-state index contributed by atoms with van der Waals surface area (Å²) in [6.45, 7) is 7.16. The molecule has 0 saturated carbocycles. The highest BCUT2D eigenvalue weighted by Crippen LogP contribution is 2.19. The Morgan fingerprint density at radius 3 is 2.94 bits per heavy atom. The van der Waals surface area contributed by atoms with Crippen LogP contribution in [0.4, 0.5) is 0 Å². The third kappa shape index (κ3) is 4.28. The van der Waals surface area contributed by atoms with Gasteiger partial charge >= 0.3 is 5.97 Å². The zero-order valence-electron chi connectivity index (χ0n) is 11.4. The van der Waals surface area contributed by atoms with Crippen molar-refractivity contribution in [3.8, 4) is 0 Å². The smallest absolute Gasteiger partial charge is 0.322 e. The van der Waals surface area contributed by atoms with Crippen molar-refractivity contribution >= 4 is 5.97 Å². The predicted molar refractivity (Wildman–Crippen MR) is 69.0 cm³/mol. The van der Waals surface area contributed by atoms with E-state index in [1.54, 1.807) is 0 Å². The summed E-state index contributed by atoms with van der Waals surface area (Å²) < 4.78 is 4.84. The van der Waals surface area contributed by atoms with E-state index in [2.05, 4.69) is 17.1 Å². The summed E-state index contributed by atoms with van der Waals surface area (Å²) in [4.78, 5) is 13.9. The molecule has 2 unspecified atom stereocenters. The third-order valence-corrected chi connectivity index (χ3v) is 3.52. The highest BCUT2D eigenvalue weighted by Gasteiger charge is 2.30. The van der Waals surface area contributed by atoms with Crippen LogP contribution in [0.2, 0.25) is 0 Å². The molecule has 1 saturated heterocycles. The fraction of sp³-hybridized carbons (Fsp3) is 0.923. The molecule has 1 N–H and O–H groups in total. The minimum absolute atomic E-state index is 0.117. The first-order valence-electron chi connectivity index (χ1n) is 6.75. The summed E-state index contributed by atoms with van der Waals surface area (Å²) in [6, 6.07) is 0.359. The summed E-state index contributed by atoms with van der Waals surface area (Å²) in [5.41, 5.74) is 0. The van der Waals surface area contributed by atoms with Crippen LogP contribution in [0.3, 0.4) is 0 Å². The molecule has 0 bridgehead atoms. The van der Waals surface area contributed by atoms with Gasteiger partial charge < -0.3 is 10.1 Å². The molecule has 1 rings (SSSR count). The average Bonchev–Trinajstić information content (AvgIpc) is 2.38. The van der Waals surface area contributed by atoms with Gasteiger partial charge in [-0.1, -0.05) is 13.3 Å². The van der Waals surface area contributed by atoms with Gasteiger partial charge in [0.15, 0.2) is 0 Å². The Bertz CT molecular complexity index is 233. The molecule has 0 aromatic carbocycles. The molecule has 17 heavy (non-hydrogen) atoms. The number of methoxy groups -OCH3 is 1. The first-order chi connectivity index (χ1) is 8.20. The molecular weight excluding hydrogens is 216 g/mol. The maximum absolute atomic E-state index is 11.6. The number of hydrogen-bond acceptors (Lipinski definition) is 4. The van der Waals surface area contributed by atoms with Crippen molar-refractivity contribution in [1.82, 2.24) is 10.2 Å². The van der Waals surface area contributed by atoms with Crippen LogP contribution in [0.25, 0.3) is 0 Å². The SMILES string of the molecule is CCCNCC1CCCCN1C(C)C(=O)OC. The summed E-state index contributed by atoms with van der Waals surface area (Å²) >= 11 is 0. The van der Waals surface area contributed by atoms with Gasteiger partial charge in [-0.15, -0.1) is 0 Å². The first-order valence-corrected chi connectivity index (χ1v) is 6.75. The summed E-state index contributed by atoms with van der Waals surface area (Å²) in [5.74, 6) is -0.118. The molecule has 0 spiro atoms. The Kier molecular flexibility index (Phi) is 6.52. The second-order valence-electron chi connectivity index (χ2n) is 4.79. The molecule has 2 atom stereocenters. The van der Waals surface area contributed by atoms with Crippen LogP contribution in [0.15, 0.2) is 0 Å². The average molecular weight is 242 g/mol. The van der Waals surface area contributed by atoms with Gasteiger partial charge in [0.25, 0.3) is 0 Å². The topological polar surface area (TPSA) is 41.6 Å². The summed E-state index contributed by atoms with van der Waals surface area (Å²) in [7, 11) is 1.47. The Hall–Kier alpha value is -0.610. The monoisotopic (exact) mass is 242 g/mol. The van der Waals surface area contributed by atoms with E-state index in [1.807, 2.05) is 6.92 Å². The number of hydrogen-bond donors (Lipinski definition) is 1. The maximum Gasteiger partial charge on any atom is 0.322 e. The number of nitrogens with one attached hydrogen (secondary N) is 1. The van der Waals surface area contributed by atoms with Gasteiger partial charge in [-0.3, -0.25) is 9.69 Å². The van der Waals surface area contributed by atoms with Crippen LogP contribution in [0.1, 0.15) is 39.5 Å². The largest absolute Gasteiger partial charge is 0.468 e. The Morgan fingerprint density at radius 1 is 1.53 bits per heavy atom. The fourth-order valence-corrected chi connectivity index (χ4v) is 2.50. The lowest BCUT2D eigenvalue weighted by molar-refractivity contribution is -0.147. The van der Waals surface area contributed by atoms with E-state index in [1.165, 1.54) is 26.4 Å². The van der Waals surface area contributed by atoms with E-state index in [0.29, 0.717) is 6.04 Å². The van der Waals surface area contributed by atoms with Gasteiger partial charge in [0.2, 0.25) is 0 Å². The molecule has 100 valence electrons. The number of ether oxygens (including phenoxy) is 1. The van der Waals surface area contributed by atoms with Gasteiger partial charge in [-0.2, -0.15) is 0 Å². The number of piperidine rings is 1. The van der Waals surface area contributed by atoms with E-state index in [-0.39, 0.29) is 12.0 Å². The van der Waals surface area contributed by atoms with Crippen molar-refractivity contribution in [3.63, 3.8) is 0 Å². The second kappa shape index (κ2) is 7.67. The molecule has 0 aliphatic carbocycles. The molecule has 4 nitrogen and oxygen atoms in total. The Balaban J connectivity index is 2.49. The van der Waals surface area contributed by atoms with Gasteiger partial charge in [0.1, 0.15) is 6.04 Å². The molecule has 0 aromatic rings. The molecule has 1 fully saturated rings. The van der Waals surface area contributed by atoms with E-state index >= 15 is 0 Å². The summed E-state index contributed by atoms with van der Waals surface area (Å²) in [5, 5.41) is 3.45. The van der Waals surface area contributed by atoms with E-state index in [0.717, 1.165) is 26.1 Å². The Labute approximate surface area is 105 Å². The van der Waals surface area contributed by atoms with Crippen molar-refractivity contribution in [1.29, 1.82) is 0 Å². The lowest BCUT2D eigenvalue weighted by atomic mass is 10.00. The molecular formula is C13H26N2O2. The van der Waals surface area contributed by atoms with Crippen LogP contribution in [0, 0.1) is 0 Å². The number of likely N-dealkylation sites (tertiary alicyclic amines) is 1. The van der Waals surface area contributed by atoms with E-state index in [4.69, 9.17) is 4.74 Å². The molecule has 1 aliphatic heterocycles. The van der Waals surface area contributed by atoms with Crippen LogP contribution in [-0.4, -0.2) is 49.7 Å². The zero-order chi connectivity index (χ0) is 12.7. The quantitative estimate of drug-likeness (QED) is 0.565. The first kappa shape index (κ1) is 14.5. The van der Waals surface area contributed by atoms with Crippen molar-refractivity contribution < 1.29 is 9.53 Å². The molecule has 4 heteroatoms. The minimum atomic E-state index is -0.118. The molecule has 0 radical (unpaired) electrons. The lowest BCUT2D eigenvalue weighted by Crippen LogP contribution is -2.52. The second-order valence-corrected chi connectivity index (χ2v) is 4.79. The highest BCUT2D eigenvalue weighted by atomic mass is 16.5. The van der Waals surface area contributed by atoms with Gasteiger partial charge in [0.05, 0.1) is 7.11 Å². The number of nitrogens with zero attached hydrogens (tertiary/aromatic N) is 1. The maximum atomic E-state index is 11.6. The number of carbonyl (C=O) groups excluding carboxylic acids is 1. The molecule has 0 aromatic heterocycles. The zero-order valence-corrected chi connectivity index (χ0v) is 11.4. The van der Waals surface area contributed by atoms with Gasteiger partial charge in [-0.25, -0.2) is 0 Å². The normalized spacial score (nSPS) is 23.4. The summed E-state index contributed by atoms with van der Waals surface area (Å²) in [6.07, 6.45) is 4.78. The van der Waals surface area contributed by atoms with Crippen molar-refractivity contribution in [2.75, 3.05) is 26.7 Å². The standard InChI is InChI=1S/C13H26N2O2/c1-4-8-14-10-12-7-5-6-9-15(12)11(2)13(16)17-3/h11-12,14H,4-10H2,1-3H3. The van der Waals surface area contributed by atoms with E-state index in [9.17, 15) is 4.79 Å². The van der Waals surface area contributed by atoms with Crippen molar-refractivity contribution in [3.05, 3.63) is 0 Å².